The third kappa shape index (κ3) is 5.58. The number of fused-ring (bicyclic) bond motifs is 1. The summed E-state index contributed by atoms with van der Waals surface area (Å²) >= 11 is 1.66. The fourth-order valence-electron chi connectivity index (χ4n) is 3.45. The molecule has 0 unspecified atom stereocenters. The molecule has 164 valence electrons. The van der Waals surface area contributed by atoms with E-state index >= 15 is 0 Å². The Labute approximate surface area is 186 Å². The quantitative estimate of drug-likeness (QED) is 0.519. The van der Waals surface area contributed by atoms with E-state index in [1.165, 1.54) is 0 Å². The summed E-state index contributed by atoms with van der Waals surface area (Å²) in [6.45, 7) is 2.63. The van der Waals surface area contributed by atoms with Gasteiger partial charge >= 0.3 is 0 Å². The molecular weight excluding hydrogens is 412 g/mol. The van der Waals surface area contributed by atoms with E-state index in [-0.39, 0.29) is 24.9 Å². The average Bonchev–Trinajstić information content (AvgIpc) is 3.11. The van der Waals surface area contributed by atoms with Crippen molar-refractivity contribution in [1.82, 2.24) is 14.5 Å². The Hall–Kier alpha value is -3.00. The first kappa shape index (κ1) is 22.7. The molecule has 0 aliphatic rings. The Morgan fingerprint density at radius 1 is 1.16 bits per heavy atom. The van der Waals surface area contributed by atoms with Gasteiger partial charge in [-0.25, -0.2) is 4.98 Å². The van der Waals surface area contributed by atoms with Crippen molar-refractivity contribution in [2.24, 2.45) is 0 Å². The molecule has 0 spiro atoms. The summed E-state index contributed by atoms with van der Waals surface area (Å²) in [6, 6.07) is 15.0. The number of amides is 2. The monoisotopic (exact) mass is 440 g/mol. The highest BCUT2D eigenvalue weighted by atomic mass is 32.2. The molecule has 1 N–H and O–H groups in total. The Kier molecular flexibility index (Phi) is 7.94. The van der Waals surface area contributed by atoms with Gasteiger partial charge in [0.15, 0.2) is 0 Å². The topological polar surface area (TPSA) is 76.5 Å². The average molecular weight is 441 g/mol. The lowest BCUT2D eigenvalue weighted by atomic mass is 10.3. The second-order valence-corrected chi connectivity index (χ2v) is 7.97. The maximum absolute atomic E-state index is 13.2. The molecule has 0 atom stereocenters. The van der Waals surface area contributed by atoms with Gasteiger partial charge in [-0.2, -0.15) is 11.8 Å². The molecule has 8 heteroatoms. The van der Waals surface area contributed by atoms with Gasteiger partial charge < -0.3 is 19.5 Å². The number of carbonyl (C=O) groups excluding carboxylic acids is 2. The number of hydrogen-bond donors (Lipinski definition) is 1. The number of thioether (sulfide) groups is 1. The number of benzene rings is 2. The van der Waals surface area contributed by atoms with Crippen LogP contribution >= 0.6 is 11.8 Å². The van der Waals surface area contributed by atoms with Crippen LogP contribution in [-0.2, 0) is 21.9 Å². The molecule has 0 fully saturated rings. The maximum atomic E-state index is 13.2. The second kappa shape index (κ2) is 10.9. The fraction of sp³-hybridized carbons (Fsp3) is 0.348. The van der Waals surface area contributed by atoms with Crippen LogP contribution in [0.5, 0.6) is 5.75 Å². The molecule has 31 heavy (non-hydrogen) atoms. The molecule has 3 aromatic rings. The van der Waals surface area contributed by atoms with E-state index in [1.807, 2.05) is 54.1 Å². The van der Waals surface area contributed by atoms with Gasteiger partial charge in [0.1, 0.15) is 18.1 Å². The third-order valence-electron chi connectivity index (χ3n) is 4.86. The minimum absolute atomic E-state index is 0.0186. The number of methoxy groups -OCH3 is 1. The maximum Gasteiger partial charge on any atom is 0.244 e. The zero-order chi connectivity index (χ0) is 22.2. The lowest BCUT2D eigenvalue weighted by Crippen LogP contribution is -2.40. The minimum Gasteiger partial charge on any atom is -0.495 e. The van der Waals surface area contributed by atoms with Crippen LogP contribution in [-0.4, -0.2) is 52.7 Å². The van der Waals surface area contributed by atoms with Crippen molar-refractivity contribution in [3.63, 3.8) is 0 Å². The van der Waals surface area contributed by atoms with E-state index in [9.17, 15) is 9.59 Å². The highest BCUT2D eigenvalue weighted by molar-refractivity contribution is 7.97. The van der Waals surface area contributed by atoms with Crippen molar-refractivity contribution < 1.29 is 14.3 Å². The summed E-state index contributed by atoms with van der Waals surface area (Å²) in [5.74, 6) is 1.78. The van der Waals surface area contributed by atoms with Crippen LogP contribution in [0.15, 0.2) is 48.5 Å². The van der Waals surface area contributed by atoms with Gasteiger partial charge in [0, 0.05) is 6.54 Å². The van der Waals surface area contributed by atoms with Gasteiger partial charge in [-0.1, -0.05) is 31.2 Å². The van der Waals surface area contributed by atoms with Crippen molar-refractivity contribution in [2.45, 2.75) is 25.6 Å². The summed E-state index contributed by atoms with van der Waals surface area (Å²) in [5.41, 5.74) is 2.38. The molecule has 2 amide bonds. The lowest BCUT2D eigenvalue weighted by Gasteiger charge is -2.23. The molecule has 0 aliphatic heterocycles. The summed E-state index contributed by atoms with van der Waals surface area (Å²) < 4.78 is 7.24. The number of hydrogen-bond acceptors (Lipinski definition) is 5. The number of ether oxygens (including phenoxy) is 1. The van der Waals surface area contributed by atoms with Crippen molar-refractivity contribution in [3.8, 4) is 5.75 Å². The minimum atomic E-state index is -0.258. The van der Waals surface area contributed by atoms with Gasteiger partial charge in [0.25, 0.3) is 0 Å². The van der Waals surface area contributed by atoms with E-state index in [0.29, 0.717) is 23.7 Å². The van der Waals surface area contributed by atoms with Crippen LogP contribution in [0.2, 0.25) is 0 Å². The third-order valence-corrected chi connectivity index (χ3v) is 5.41. The van der Waals surface area contributed by atoms with E-state index in [0.717, 1.165) is 23.3 Å². The van der Waals surface area contributed by atoms with Crippen LogP contribution in [0.4, 0.5) is 5.69 Å². The molecule has 0 bridgehead atoms. The van der Waals surface area contributed by atoms with Gasteiger partial charge in [-0.3, -0.25) is 9.59 Å². The summed E-state index contributed by atoms with van der Waals surface area (Å²) in [6.07, 6.45) is 2.77. The molecule has 0 radical (unpaired) electrons. The summed E-state index contributed by atoms with van der Waals surface area (Å²) in [4.78, 5) is 32.1. The molecular formula is C23H28N4O3S. The van der Waals surface area contributed by atoms with Crippen molar-refractivity contribution in [3.05, 3.63) is 54.4 Å². The fourth-order valence-corrected chi connectivity index (χ4v) is 3.93. The molecule has 0 saturated carbocycles. The Morgan fingerprint density at radius 2 is 1.90 bits per heavy atom. The van der Waals surface area contributed by atoms with Crippen molar-refractivity contribution in [1.29, 1.82) is 0 Å². The highest BCUT2D eigenvalue weighted by Crippen LogP contribution is 2.23. The van der Waals surface area contributed by atoms with Crippen LogP contribution in [0.25, 0.3) is 11.0 Å². The van der Waals surface area contributed by atoms with Gasteiger partial charge in [-0.15, -0.1) is 0 Å². The van der Waals surface area contributed by atoms with Crippen molar-refractivity contribution in [2.75, 3.05) is 31.8 Å². The number of carbonyl (C=O) groups is 2. The molecule has 1 aromatic heterocycles. The normalized spacial score (nSPS) is 10.8. The van der Waals surface area contributed by atoms with Crippen LogP contribution in [0, 0.1) is 0 Å². The van der Waals surface area contributed by atoms with Crippen LogP contribution < -0.4 is 10.1 Å². The Bertz CT molecular complexity index is 1050. The van der Waals surface area contributed by atoms with Crippen molar-refractivity contribution >= 4 is 40.3 Å². The van der Waals surface area contributed by atoms with Crippen LogP contribution in [0.3, 0.4) is 0 Å². The Morgan fingerprint density at radius 3 is 2.65 bits per heavy atom. The van der Waals surface area contributed by atoms with E-state index in [2.05, 4.69) is 10.3 Å². The predicted molar refractivity (Wildman–Crippen MR) is 125 cm³/mol. The lowest BCUT2D eigenvalue weighted by molar-refractivity contribution is -0.135. The SMILES string of the molecule is CCCN(CC(=O)Nc1ccccc1OC)C(=O)Cn1c(CSC)nc2ccccc21. The number of para-hydroxylation sites is 4. The zero-order valence-electron chi connectivity index (χ0n) is 18.1. The standard InChI is InChI=1S/C23H28N4O3S/c1-4-13-26(14-22(28)25-18-10-6-8-12-20(18)30-2)23(29)15-27-19-11-7-5-9-17(19)24-21(27)16-31-3/h5-12H,4,13-16H2,1-3H3,(H,25,28). The zero-order valence-corrected chi connectivity index (χ0v) is 18.9. The first-order valence-corrected chi connectivity index (χ1v) is 11.6. The van der Waals surface area contributed by atoms with E-state index < -0.39 is 0 Å². The smallest absolute Gasteiger partial charge is 0.244 e. The number of anilines is 1. The van der Waals surface area contributed by atoms with Crippen LogP contribution in [0.1, 0.15) is 19.2 Å². The Balaban J connectivity index is 1.76. The summed E-state index contributed by atoms with van der Waals surface area (Å²) in [7, 11) is 1.56. The molecule has 7 nitrogen and oxygen atoms in total. The number of aromatic nitrogens is 2. The number of nitrogens with one attached hydrogen (secondary N) is 1. The second-order valence-electron chi connectivity index (χ2n) is 7.10. The number of imidazole rings is 1. The number of nitrogens with zero attached hydrogens (tertiary/aromatic N) is 3. The van der Waals surface area contributed by atoms with E-state index in [4.69, 9.17) is 4.74 Å². The predicted octanol–water partition coefficient (Wildman–Crippen LogP) is 3.79. The molecule has 0 aliphatic carbocycles. The highest BCUT2D eigenvalue weighted by Gasteiger charge is 2.20. The van der Waals surface area contributed by atoms with Gasteiger partial charge in [0.2, 0.25) is 11.8 Å². The first-order valence-electron chi connectivity index (χ1n) is 10.2. The van der Waals surface area contributed by atoms with E-state index in [1.54, 1.807) is 35.9 Å². The summed E-state index contributed by atoms with van der Waals surface area (Å²) in [5, 5.41) is 2.85. The first-order chi connectivity index (χ1) is 15.1. The van der Waals surface area contributed by atoms with Gasteiger partial charge in [-0.05, 0) is 36.9 Å². The number of rotatable bonds is 10. The molecule has 0 saturated heterocycles. The largest absolute Gasteiger partial charge is 0.495 e. The van der Waals surface area contributed by atoms with Gasteiger partial charge in [0.05, 0.1) is 36.1 Å². The molecule has 2 aromatic carbocycles. The molecule has 3 rings (SSSR count). The molecule has 1 heterocycles.